The zero-order chi connectivity index (χ0) is 53.5. The first-order chi connectivity index (χ1) is 40.1. The van der Waals surface area contributed by atoms with E-state index in [0.717, 1.165) is 128 Å². The minimum absolute atomic E-state index is 0.583. The lowest BCUT2D eigenvalue weighted by Crippen LogP contribution is -2.32. The van der Waals surface area contributed by atoms with E-state index in [9.17, 15) is 5.26 Å². The Hall–Kier alpha value is -11.3. The smallest absolute Gasteiger partial charge is 0.188 e. The number of fused-ring (bicyclic) bond motifs is 18. The number of nitriles is 1. The van der Waals surface area contributed by atoms with Gasteiger partial charge < -0.3 is 18.4 Å². The van der Waals surface area contributed by atoms with Crippen molar-refractivity contribution in [1.82, 2.24) is 23.7 Å². The summed E-state index contributed by atoms with van der Waals surface area (Å²) < 4.78 is 14.3. The van der Waals surface area contributed by atoms with Crippen molar-refractivity contribution >= 4 is 71.1 Å². The molecule has 81 heavy (non-hydrogen) atoms. The van der Waals surface area contributed by atoms with Gasteiger partial charge in [-0.3, -0.25) is 9.97 Å². The number of rotatable bonds is 5. The fourth-order valence-electron chi connectivity index (χ4n) is 13.6. The van der Waals surface area contributed by atoms with Crippen molar-refractivity contribution in [2.24, 2.45) is 0 Å². The van der Waals surface area contributed by atoms with Crippen LogP contribution < -0.4 is 4.74 Å². The second kappa shape index (κ2) is 16.8. The lowest BCUT2D eigenvalue weighted by atomic mass is 9.65. The Labute approximate surface area is 464 Å². The summed E-state index contributed by atoms with van der Waals surface area (Å²) in [6.45, 7) is 8.08. The summed E-state index contributed by atoms with van der Waals surface area (Å²) in [7, 11) is 0. The van der Waals surface area contributed by atoms with Crippen molar-refractivity contribution in [2.45, 2.75) is 5.41 Å². The van der Waals surface area contributed by atoms with Crippen LogP contribution in [0.25, 0.3) is 121 Å². The van der Waals surface area contributed by atoms with E-state index in [4.69, 9.17) is 21.3 Å². The van der Waals surface area contributed by atoms with Crippen molar-refractivity contribution in [1.29, 1.82) is 5.26 Å². The topological polar surface area (TPSA) is 78.0 Å². The van der Waals surface area contributed by atoms with Crippen LogP contribution in [0.5, 0.6) is 11.5 Å². The molecule has 0 N–H and O–H groups in total. The molecule has 0 unspecified atom stereocenters. The van der Waals surface area contributed by atoms with Gasteiger partial charge in [0.2, 0.25) is 0 Å². The summed E-state index contributed by atoms with van der Waals surface area (Å²) in [5.74, 6) is 1.51. The molecule has 0 saturated heterocycles. The Morgan fingerprint density at radius 2 is 0.914 bits per heavy atom. The zero-order valence-electron chi connectivity index (χ0n) is 43.2. The van der Waals surface area contributed by atoms with E-state index in [0.29, 0.717) is 11.3 Å². The summed E-state index contributed by atoms with van der Waals surface area (Å²) in [4.78, 5) is 14.0. The second-order valence-corrected chi connectivity index (χ2v) is 21.1. The molecule has 17 rings (SSSR count). The molecular formula is C73H41N7O. The molecule has 2 aliphatic rings. The van der Waals surface area contributed by atoms with E-state index in [1.54, 1.807) is 0 Å². The zero-order valence-corrected chi connectivity index (χ0v) is 43.2. The van der Waals surface area contributed by atoms with E-state index < -0.39 is 5.41 Å². The summed E-state index contributed by atoms with van der Waals surface area (Å²) in [5.41, 5.74) is 19.8. The van der Waals surface area contributed by atoms with Crippen LogP contribution in [0, 0.1) is 17.9 Å². The van der Waals surface area contributed by atoms with Crippen LogP contribution in [0.15, 0.2) is 249 Å². The van der Waals surface area contributed by atoms with Gasteiger partial charge in [-0.15, -0.1) is 0 Å². The normalized spacial score (nSPS) is 12.9. The first-order valence-corrected chi connectivity index (χ1v) is 27.0. The van der Waals surface area contributed by atoms with Crippen molar-refractivity contribution in [3.05, 3.63) is 288 Å². The SMILES string of the molecule is [C-]#[N+]c1ccc2c(c1)c1cc(-c3cccc4c3Oc3ccc(-c5ccc6c(c5)c5cc(C#N)ccc5n6-c5ccccc5)cc3C43c4cccnc4-c4ncccc43)ccc1n2-c1ccc(-n2c3ccccc3c3ccccc32)cc1. The lowest BCUT2D eigenvalue weighted by molar-refractivity contribution is 0.438. The maximum absolute atomic E-state index is 10.1. The van der Waals surface area contributed by atoms with Gasteiger partial charge in [-0.25, -0.2) is 4.85 Å². The van der Waals surface area contributed by atoms with Gasteiger partial charge in [0.25, 0.3) is 0 Å². The van der Waals surface area contributed by atoms with Crippen LogP contribution in [-0.4, -0.2) is 23.7 Å². The third kappa shape index (κ3) is 6.21. The van der Waals surface area contributed by atoms with Crippen molar-refractivity contribution in [2.75, 3.05) is 0 Å². The van der Waals surface area contributed by atoms with Crippen LogP contribution >= 0.6 is 0 Å². The second-order valence-electron chi connectivity index (χ2n) is 21.1. The lowest BCUT2D eigenvalue weighted by Gasteiger charge is -2.40. The highest BCUT2D eigenvalue weighted by molar-refractivity contribution is 6.13. The maximum Gasteiger partial charge on any atom is 0.188 e. The number of nitrogens with zero attached hydrogens (tertiary/aromatic N) is 7. The fourth-order valence-corrected chi connectivity index (χ4v) is 13.6. The van der Waals surface area contributed by atoms with E-state index in [-0.39, 0.29) is 0 Å². The van der Waals surface area contributed by atoms with Crippen LogP contribution in [0.1, 0.15) is 27.8 Å². The van der Waals surface area contributed by atoms with Crippen LogP contribution in [-0.2, 0) is 5.41 Å². The standard InChI is InChI=1S/C73H41N7O/c1-75-48-26-34-68-58(42-48)57-40-47(24-33-67(57)80(68)51-29-27-50(28-30-51)79-63-20-7-5-14-53(63)54-15-6-8-21-64(54)79)52-16-9-17-61-72(52)81-69-35-25-46(41-62(69)73(61)59-18-10-36-76-70(59)71-60(73)19-11-37-77-71)45-23-32-66-56(39-45)55-38-44(43-74)22-31-65(55)78(66)49-12-3-2-4-13-49/h2-42H. The van der Waals surface area contributed by atoms with Gasteiger partial charge in [0.05, 0.1) is 68.1 Å². The van der Waals surface area contributed by atoms with E-state index in [1.165, 1.54) is 21.8 Å². The first-order valence-electron chi connectivity index (χ1n) is 27.0. The number of ether oxygens (including phenoxy) is 1. The average molecular weight is 1030 g/mol. The Morgan fingerprint density at radius 1 is 0.407 bits per heavy atom. The van der Waals surface area contributed by atoms with Crippen molar-refractivity contribution in [3.63, 3.8) is 0 Å². The summed E-state index contributed by atoms with van der Waals surface area (Å²) in [6.07, 6.45) is 3.71. The predicted molar refractivity (Wildman–Crippen MR) is 324 cm³/mol. The molecule has 1 aliphatic heterocycles. The highest BCUT2D eigenvalue weighted by Crippen LogP contribution is 2.63. The summed E-state index contributed by atoms with van der Waals surface area (Å²) >= 11 is 0. The molecule has 0 radical (unpaired) electrons. The molecule has 5 aromatic heterocycles. The molecule has 8 heteroatoms. The number of benzene rings is 10. The Bertz CT molecular complexity index is 5200. The number of hydrogen-bond acceptors (Lipinski definition) is 4. The molecule has 6 heterocycles. The molecule has 374 valence electrons. The van der Waals surface area contributed by atoms with Gasteiger partial charge in [0.1, 0.15) is 11.5 Å². The molecule has 8 nitrogen and oxygen atoms in total. The van der Waals surface area contributed by atoms with Gasteiger partial charge in [-0.1, -0.05) is 109 Å². The molecule has 0 bridgehead atoms. The van der Waals surface area contributed by atoms with E-state index in [2.05, 4.69) is 219 Å². The maximum atomic E-state index is 10.1. The molecule has 15 aromatic rings. The summed E-state index contributed by atoms with van der Waals surface area (Å²) in [5, 5.41) is 16.6. The van der Waals surface area contributed by atoms with E-state index >= 15 is 0 Å². The third-order valence-corrected chi connectivity index (χ3v) is 17.0. The largest absolute Gasteiger partial charge is 0.456 e. The van der Waals surface area contributed by atoms with Crippen molar-refractivity contribution in [3.8, 4) is 68.3 Å². The van der Waals surface area contributed by atoms with Crippen LogP contribution in [0.3, 0.4) is 0 Å². The molecule has 1 aliphatic carbocycles. The van der Waals surface area contributed by atoms with Gasteiger partial charge in [-0.2, -0.15) is 5.26 Å². The van der Waals surface area contributed by atoms with Crippen LogP contribution in [0.2, 0.25) is 0 Å². The number of pyridine rings is 2. The quantitative estimate of drug-likeness (QED) is 0.161. The Morgan fingerprint density at radius 3 is 1.56 bits per heavy atom. The Balaban J connectivity index is 0.836. The molecule has 0 fully saturated rings. The van der Waals surface area contributed by atoms with Gasteiger partial charge >= 0.3 is 0 Å². The molecule has 0 atom stereocenters. The minimum atomic E-state index is -0.854. The molecule has 0 amide bonds. The number of aromatic nitrogens is 5. The highest BCUT2D eigenvalue weighted by Gasteiger charge is 2.53. The summed E-state index contributed by atoms with van der Waals surface area (Å²) in [6, 6.07) is 85.6. The highest BCUT2D eigenvalue weighted by atomic mass is 16.5. The average Bonchev–Trinajstić information content (AvgIpc) is 4.09. The van der Waals surface area contributed by atoms with Gasteiger partial charge in [-0.05, 0) is 161 Å². The molecular weight excluding hydrogens is 991 g/mol. The predicted octanol–water partition coefficient (Wildman–Crippen LogP) is 18.0. The monoisotopic (exact) mass is 1030 g/mol. The molecule has 10 aromatic carbocycles. The number of para-hydroxylation sites is 4. The Kier molecular flexibility index (Phi) is 9.31. The van der Waals surface area contributed by atoms with Gasteiger partial charge in [0.15, 0.2) is 5.69 Å². The molecule has 0 saturated carbocycles. The van der Waals surface area contributed by atoms with Crippen LogP contribution in [0.4, 0.5) is 5.69 Å². The molecule has 1 spiro atoms. The first kappa shape index (κ1) is 44.8. The number of hydrogen-bond donors (Lipinski definition) is 0. The van der Waals surface area contributed by atoms with Gasteiger partial charge in [0, 0.05) is 73.1 Å². The fraction of sp³-hybridized carbons (Fsp3) is 0.0137. The van der Waals surface area contributed by atoms with E-state index in [1.807, 2.05) is 54.9 Å². The van der Waals surface area contributed by atoms with Crippen molar-refractivity contribution < 1.29 is 4.74 Å². The third-order valence-electron chi connectivity index (χ3n) is 17.0. The minimum Gasteiger partial charge on any atom is -0.456 e.